The molecule has 1 aromatic rings. The molecule has 242 valence electrons. The highest BCUT2D eigenvalue weighted by Crippen LogP contribution is 2.64. The van der Waals surface area contributed by atoms with Gasteiger partial charge in [-0.25, -0.2) is 4.79 Å². The highest BCUT2D eigenvalue weighted by Gasteiger charge is 2.66. The van der Waals surface area contributed by atoms with Crippen LogP contribution in [0.3, 0.4) is 0 Å². The average molecular weight is 612 g/mol. The van der Waals surface area contributed by atoms with Gasteiger partial charge in [-0.1, -0.05) is 51.1 Å². The Balaban J connectivity index is 1.45. The van der Waals surface area contributed by atoms with Gasteiger partial charge in [0.25, 0.3) is 0 Å². The maximum absolute atomic E-state index is 14.2. The van der Waals surface area contributed by atoms with Crippen LogP contribution in [0.2, 0.25) is 0 Å². The first-order valence-electron chi connectivity index (χ1n) is 15.9. The molecule has 3 fully saturated rings. The Labute approximate surface area is 260 Å². The number of Topliss-reactive ketones (excluding diaryl/α,β-unsaturated/α-hetero) is 1. The quantitative estimate of drug-likeness (QED) is 0.312. The van der Waals surface area contributed by atoms with Crippen LogP contribution < -0.4 is 5.32 Å². The molecule has 0 spiro atoms. The summed E-state index contributed by atoms with van der Waals surface area (Å²) in [6.07, 6.45) is -2.37. The lowest BCUT2D eigenvalue weighted by Gasteiger charge is -2.63. The number of esters is 1. The zero-order valence-corrected chi connectivity index (χ0v) is 27.3. The summed E-state index contributed by atoms with van der Waals surface area (Å²) in [5.41, 5.74) is -0.888. The molecule has 5 rings (SSSR count). The van der Waals surface area contributed by atoms with Gasteiger partial charge in [0, 0.05) is 12.3 Å². The van der Waals surface area contributed by atoms with Gasteiger partial charge in [-0.2, -0.15) is 0 Å². The largest absolute Gasteiger partial charge is 0.458 e. The lowest BCUT2D eigenvalue weighted by molar-refractivity contribution is -0.235. The van der Waals surface area contributed by atoms with E-state index in [0.717, 1.165) is 5.56 Å². The normalized spacial score (nSPS) is 36.9. The summed E-state index contributed by atoms with van der Waals surface area (Å²) in [5.74, 6) is -0.952. The average Bonchev–Trinajstić information content (AvgIpc) is 2.90. The Hall–Kier alpha value is -2.75. The van der Waals surface area contributed by atoms with Crippen LogP contribution in [0, 0.1) is 28.1 Å². The number of aliphatic hydroxyl groups excluding tert-OH is 2. The van der Waals surface area contributed by atoms with Crippen molar-refractivity contribution < 1.29 is 38.8 Å². The molecule has 2 bridgehead atoms. The van der Waals surface area contributed by atoms with E-state index in [-0.39, 0.29) is 30.1 Å². The van der Waals surface area contributed by atoms with Gasteiger partial charge >= 0.3 is 12.1 Å². The van der Waals surface area contributed by atoms with Gasteiger partial charge < -0.3 is 29.7 Å². The Morgan fingerprint density at radius 1 is 1.09 bits per heavy atom. The smallest absolute Gasteiger partial charge is 0.408 e. The van der Waals surface area contributed by atoms with Crippen molar-refractivity contribution in [2.45, 2.75) is 117 Å². The summed E-state index contributed by atoms with van der Waals surface area (Å²) in [7, 11) is 0. The molecule has 0 radical (unpaired) electrons. The summed E-state index contributed by atoms with van der Waals surface area (Å²) >= 11 is 0. The zero-order valence-electron chi connectivity index (χ0n) is 27.3. The first kappa shape index (κ1) is 32.6. The van der Waals surface area contributed by atoms with Gasteiger partial charge in [-0.05, 0) is 80.9 Å². The predicted molar refractivity (Wildman–Crippen MR) is 163 cm³/mol. The molecule has 3 aliphatic carbocycles. The van der Waals surface area contributed by atoms with E-state index in [2.05, 4.69) is 26.1 Å². The van der Waals surface area contributed by atoms with E-state index in [0.29, 0.717) is 37.0 Å². The standard InChI is InChI=1S/C35H49NO8/c1-19-25(43-27(38)14-23(20-12-10-9-11-13-20)36-31(41)44-32(2,3)4)17-34(7)16-22-21-18-42-24(21)15-26(37)35(22,8)30(40)29(39)28(19)33(34,5)6/h9-13,21-26,29,37,39H,14-18H2,1-8H3,(H,36,41)/t21-,22?,23+,24+,25-,26-,29+,34+,35-/m0/s1. The van der Waals surface area contributed by atoms with Crippen LogP contribution in [0.15, 0.2) is 41.5 Å². The van der Waals surface area contributed by atoms with Gasteiger partial charge in [-0.3, -0.25) is 9.59 Å². The van der Waals surface area contributed by atoms with Gasteiger partial charge in [-0.15, -0.1) is 0 Å². The summed E-state index contributed by atoms with van der Waals surface area (Å²) in [5, 5.41) is 25.9. The van der Waals surface area contributed by atoms with Crippen LogP contribution in [-0.4, -0.2) is 64.7 Å². The number of alkyl carbamates (subject to hydrolysis) is 1. The molecular weight excluding hydrogens is 562 g/mol. The number of hydrogen-bond donors (Lipinski definition) is 3. The second-order valence-corrected chi connectivity index (χ2v) is 15.4. The van der Waals surface area contributed by atoms with Gasteiger partial charge in [0.1, 0.15) is 17.8 Å². The fraction of sp³-hybridized carbons (Fsp3) is 0.686. The summed E-state index contributed by atoms with van der Waals surface area (Å²) in [6, 6.07) is 8.52. The van der Waals surface area contributed by atoms with Crippen LogP contribution in [-0.2, 0) is 23.8 Å². The molecule has 9 atom stereocenters. The van der Waals surface area contributed by atoms with Gasteiger partial charge in [0.2, 0.25) is 0 Å². The minimum absolute atomic E-state index is 0.0967. The first-order valence-corrected chi connectivity index (χ1v) is 15.9. The second-order valence-electron chi connectivity index (χ2n) is 15.4. The summed E-state index contributed by atoms with van der Waals surface area (Å²) in [4.78, 5) is 40.5. The molecule has 1 unspecified atom stereocenters. The van der Waals surface area contributed by atoms with Crippen LogP contribution in [0.4, 0.5) is 4.79 Å². The molecule has 1 aliphatic heterocycles. The number of carbonyl (C=O) groups excluding carboxylic acids is 3. The minimum Gasteiger partial charge on any atom is -0.458 e. The minimum atomic E-state index is -1.43. The fourth-order valence-electron chi connectivity index (χ4n) is 8.34. The first-order chi connectivity index (χ1) is 20.4. The van der Waals surface area contributed by atoms with Crippen molar-refractivity contribution in [3.63, 3.8) is 0 Å². The number of fused-ring (bicyclic) bond motifs is 5. The number of hydrogen-bond acceptors (Lipinski definition) is 8. The van der Waals surface area contributed by atoms with Crippen LogP contribution in [0.25, 0.3) is 0 Å². The second kappa shape index (κ2) is 11.2. The van der Waals surface area contributed by atoms with Crippen molar-refractivity contribution in [3.8, 4) is 0 Å². The highest BCUT2D eigenvalue weighted by atomic mass is 16.6. The Kier molecular flexibility index (Phi) is 8.34. The third-order valence-corrected chi connectivity index (χ3v) is 11.4. The number of amides is 1. The third-order valence-electron chi connectivity index (χ3n) is 11.4. The number of aliphatic hydroxyl groups is 2. The molecule has 9 heteroatoms. The van der Waals surface area contributed by atoms with Crippen LogP contribution in [0.1, 0.15) is 92.7 Å². The van der Waals surface area contributed by atoms with E-state index in [4.69, 9.17) is 14.2 Å². The summed E-state index contributed by atoms with van der Waals surface area (Å²) < 4.78 is 17.4. The van der Waals surface area contributed by atoms with Crippen molar-refractivity contribution in [1.29, 1.82) is 0 Å². The van der Waals surface area contributed by atoms with Crippen LogP contribution in [0.5, 0.6) is 0 Å². The highest BCUT2D eigenvalue weighted by molar-refractivity contribution is 5.93. The van der Waals surface area contributed by atoms with Crippen molar-refractivity contribution >= 4 is 17.8 Å². The topological polar surface area (TPSA) is 131 Å². The SMILES string of the molecule is CC1=C2[C@@H](O)C(=O)[C@@]3(C)C(C[C@](C)(C[C@@H]1OC(=O)C[C@@H](NC(=O)OC(C)(C)C)c1ccccc1)C2(C)C)[C@@H]1CO[C@@H]1C[C@@H]3O. The Morgan fingerprint density at radius 2 is 1.75 bits per heavy atom. The monoisotopic (exact) mass is 611 g/mol. The molecule has 2 saturated carbocycles. The van der Waals surface area contributed by atoms with Crippen LogP contribution >= 0.6 is 0 Å². The van der Waals surface area contributed by atoms with Crippen molar-refractivity contribution in [3.05, 3.63) is 47.0 Å². The lowest BCUT2D eigenvalue weighted by Crippen LogP contribution is -2.67. The molecule has 0 aromatic heterocycles. The molecule has 1 aromatic carbocycles. The number of carbonyl (C=O) groups is 3. The molecule has 4 aliphatic rings. The molecule has 9 nitrogen and oxygen atoms in total. The van der Waals surface area contributed by atoms with Crippen molar-refractivity contribution in [2.24, 2.45) is 28.1 Å². The third kappa shape index (κ3) is 5.49. The van der Waals surface area contributed by atoms with Gasteiger partial charge in [0.15, 0.2) is 5.78 Å². The van der Waals surface area contributed by atoms with E-state index in [1.807, 2.05) is 44.2 Å². The number of rotatable bonds is 5. The predicted octanol–water partition coefficient (Wildman–Crippen LogP) is 5.04. The van der Waals surface area contributed by atoms with E-state index in [1.54, 1.807) is 20.8 Å². The number of ketones is 1. The molecule has 1 heterocycles. The summed E-state index contributed by atoms with van der Waals surface area (Å²) in [6.45, 7) is 15.8. The number of benzene rings is 1. The Bertz CT molecular complexity index is 1330. The molecule has 44 heavy (non-hydrogen) atoms. The number of nitrogens with one attached hydrogen (secondary N) is 1. The van der Waals surface area contributed by atoms with Gasteiger partial charge in [0.05, 0.1) is 36.7 Å². The molecular formula is C35H49NO8. The molecule has 1 amide bonds. The van der Waals surface area contributed by atoms with E-state index < -0.39 is 58.3 Å². The number of ether oxygens (including phenoxy) is 3. The Morgan fingerprint density at radius 3 is 2.34 bits per heavy atom. The van der Waals surface area contributed by atoms with Crippen molar-refractivity contribution in [1.82, 2.24) is 5.32 Å². The van der Waals surface area contributed by atoms with E-state index in [1.165, 1.54) is 0 Å². The zero-order chi connectivity index (χ0) is 32.4. The lowest BCUT2D eigenvalue weighted by atomic mass is 9.44. The molecule has 3 N–H and O–H groups in total. The maximum Gasteiger partial charge on any atom is 0.408 e. The fourth-order valence-corrected chi connectivity index (χ4v) is 8.34. The maximum atomic E-state index is 14.2. The van der Waals surface area contributed by atoms with Crippen molar-refractivity contribution in [2.75, 3.05) is 6.61 Å². The van der Waals surface area contributed by atoms with E-state index in [9.17, 15) is 24.6 Å². The molecule has 1 saturated heterocycles. The van der Waals surface area contributed by atoms with E-state index >= 15 is 0 Å².